The fourth-order valence-corrected chi connectivity index (χ4v) is 6.38. The molecule has 1 N–H and O–H groups in total. The smallest absolute Gasteiger partial charge is 0.264 e. The Morgan fingerprint density at radius 2 is 1.45 bits per heavy atom. The molecule has 0 aromatic heterocycles. The number of rotatable bonds is 13. The number of sulfonamides is 1. The van der Waals surface area contributed by atoms with Crippen molar-refractivity contribution in [2.75, 3.05) is 17.4 Å². The van der Waals surface area contributed by atoms with Crippen LogP contribution in [0.15, 0.2) is 108 Å². The molecular weight excluding hydrogens is 594 g/mol. The number of aryl methyl sites for hydroxylation is 2. The van der Waals surface area contributed by atoms with Gasteiger partial charge in [-0.1, -0.05) is 103 Å². The summed E-state index contributed by atoms with van der Waals surface area (Å²) in [6, 6.07) is 29.3. The van der Waals surface area contributed by atoms with Gasteiger partial charge in [-0.2, -0.15) is 0 Å². The summed E-state index contributed by atoms with van der Waals surface area (Å²) < 4.78 is 29.3. The van der Waals surface area contributed by atoms with Gasteiger partial charge in [-0.25, -0.2) is 8.42 Å². The molecule has 230 valence electrons. The fraction of sp³-hybridized carbons (Fsp3) is 0.257. The van der Waals surface area contributed by atoms with E-state index in [2.05, 4.69) is 5.32 Å². The minimum Gasteiger partial charge on any atom is -0.354 e. The van der Waals surface area contributed by atoms with Crippen molar-refractivity contribution >= 4 is 39.1 Å². The molecule has 0 bridgehead atoms. The van der Waals surface area contributed by atoms with Crippen molar-refractivity contribution in [3.63, 3.8) is 0 Å². The maximum atomic E-state index is 14.4. The Hall–Kier alpha value is -4.14. The van der Waals surface area contributed by atoms with Gasteiger partial charge in [0.2, 0.25) is 11.8 Å². The van der Waals surface area contributed by atoms with Crippen LogP contribution in [-0.2, 0) is 32.6 Å². The van der Waals surface area contributed by atoms with Crippen molar-refractivity contribution < 1.29 is 18.0 Å². The summed E-state index contributed by atoms with van der Waals surface area (Å²) in [5, 5.41) is 3.33. The predicted molar refractivity (Wildman–Crippen MR) is 176 cm³/mol. The van der Waals surface area contributed by atoms with Crippen molar-refractivity contribution in [1.82, 2.24) is 10.2 Å². The number of hydrogen-bond acceptors (Lipinski definition) is 4. The second kappa shape index (κ2) is 15.0. The van der Waals surface area contributed by atoms with Gasteiger partial charge in [0.25, 0.3) is 10.0 Å². The largest absolute Gasteiger partial charge is 0.354 e. The van der Waals surface area contributed by atoms with Crippen LogP contribution in [0.2, 0.25) is 5.02 Å². The van der Waals surface area contributed by atoms with Crippen molar-refractivity contribution in [3.05, 3.63) is 130 Å². The van der Waals surface area contributed by atoms with Gasteiger partial charge in [-0.05, 0) is 61.2 Å². The molecule has 0 radical (unpaired) electrons. The van der Waals surface area contributed by atoms with E-state index in [4.69, 9.17) is 11.6 Å². The van der Waals surface area contributed by atoms with Crippen LogP contribution in [0.25, 0.3) is 0 Å². The summed E-state index contributed by atoms with van der Waals surface area (Å²) in [7, 11) is -4.19. The van der Waals surface area contributed by atoms with Crippen LogP contribution in [0.5, 0.6) is 0 Å². The standard InChI is InChI=1S/C35H38ClN3O4S/c1-4-21-37-35(41)33(22-28-11-7-5-8-12-28)38(24-29-13-9-6-10-14-29)34(40)25-39(30-18-17-27(3)32(36)23-30)44(42,43)31-19-15-26(2)16-20-31/h5-20,23,33H,4,21-22,24-25H2,1-3H3,(H,37,41)/t33-/m1/s1. The molecule has 0 aliphatic rings. The zero-order valence-corrected chi connectivity index (χ0v) is 26.8. The number of nitrogens with zero attached hydrogens (tertiary/aromatic N) is 2. The molecule has 4 rings (SSSR count). The number of carbonyl (C=O) groups is 2. The molecule has 2 amide bonds. The third-order valence-corrected chi connectivity index (χ3v) is 9.54. The average molecular weight is 632 g/mol. The number of halogens is 1. The second-order valence-electron chi connectivity index (χ2n) is 10.8. The molecule has 0 aliphatic heterocycles. The lowest BCUT2D eigenvalue weighted by Crippen LogP contribution is -2.53. The van der Waals surface area contributed by atoms with Crippen LogP contribution in [0, 0.1) is 13.8 Å². The molecule has 0 saturated heterocycles. The molecule has 0 aliphatic carbocycles. The summed E-state index contributed by atoms with van der Waals surface area (Å²) >= 11 is 6.44. The van der Waals surface area contributed by atoms with Crippen molar-refractivity contribution in [2.45, 2.75) is 51.1 Å². The highest BCUT2D eigenvalue weighted by Gasteiger charge is 2.34. The first-order valence-corrected chi connectivity index (χ1v) is 16.4. The first kappa shape index (κ1) is 32.8. The zero-order chi connectivity index (χ0) is 31.7. The highest BCUT2D eigenvalue weighted by Crippen LogP contribution is 2.29. The Kier molecular flexibility index (Phi) is 11.2. The Labute approximate surface area is 265 Å². The van der Waals surface area contributed by atoms with Crippen LogP contribution >= 0.6 is 11.6 Å². The minimum atomic E-state index is -4.19. The van der Waals surface area contributed by atoms with Gasteiger partial charge in [0.1, 0.15) is 12.6 Å². The van der Waals surface area contributed by atoms with E-state index in [-0.39, 0.29) is 29.5 Å². The van der Waals surface area contributed by atoms with E-state index in [9.17, 15) is 18.0 Å². The lowest BCUT2D eigenvalue weighted by Gasteiger charge is -2.34. The molecule has 0 fully saturated rings. The molecule has 0 unspecified atom stereocenters. The number of benzene rings is 4. The van der Waals surface area contributed by atoms with Gasteiger partial charge in [0, 0.05) is 24.5 Å². The molecule has 4 aromatic carbocycles. The van der Waals surface area contributed by atoms with Crippen molar-refractivity contribution in [3.8, 4) is 0 Å². The van der Waals surface area contributed by atoms with Gasteiger partial charge < -0.3 is 10.2 Å². The summed E-state index contributed by atoms with van der Waals surface area (Å²) in [5.74, 6) is -0.819. The van der Waals surface area contributed by atoms with Gasteiger partial charge in [-0.3, -0.25) is 13.9 Å². The van der Waals surface area contributed by atoms with E-state index >= 15 is 0 Å². The lowest BCUT2D eigenvalue weighted by molar-refractivity contribution is -0.140. The summed E-state index contributed by atoms with van der Waals surface area (Å²) in [6.07, 6.45) is 0.989. The Balaban J connectivity index is 1.80. The van der Waals surface area contributed by atoms with Gasteiger partial charge in [-0.15, -0.1) is 0 Å². The molecular formula is C35H38ClN3O4S. The van der Waals surface area contributed by atoms with Crippen LogP contribution < -0.4 is 9.62 Å². The summed E-state index contributed by atoms with van der Waals surface area (Å²) in [6.45, 7) is 5.68. The molecule has 9 heteroatoms. The zero-order valence-electron chi connectivity index (χ0n) is 25.2. The highest BCUT2D eigenvalue weighted by molar-refractivity contribution is 7.92. The molecule has 0 spiro atoms. The van der Waals surface area contributed by atoms with Crippen LogP contribution in [-0.4, -0.2) is 44.3 Å². The molecule has 4 aromatic rings. The molecule has 0 heterocycles. The number of carbonyl (C=O) groups excluding carboxylic acids is 2. The quantitative estimate of drug-likeness (QED) is 0.187. The Morgan fingerprint density at radius 3 is 2.05 bits per heavy atom. The van der Waals surface area contributed by atoms with E-state index in [0.717, 1.165) is 33.0 Å². The Bertz CT molecular complexity index is 1660. The topological polar surface area (TPSA) is 86.8 Å². The van der Waals surface area contributed by atoms with E-state index in [1.54, 1.807) is 30.3 Å². The predicted octanol–water partition coefficient (Wildman–Crippen LogP) is 6.32. The van der Waals surface area contributed by atoms with Gasteiger partial charge >= 0.3 is 0 Å². The molecule has 7 nitrogen and oxygen atoms in total. The Morgan fingerprint density at radius 1 is 0.841 bits per heavy atom. The van der Waals surface area contributed by atoms with Crippen molar-refractivity contribution in [2.24, 2.45) is 0 Å². The third-order valence-electron chi connectivity index (χ3n) is 7.35. The van der Waals surface area contributed by atoms with Crippen molar-refractivity contribution in [1.29, 1.82) is 0 Å². The lowest BCUT2D eigenvalue weighted by atomic mass is 10.0. The fourth-order valence-electron chi connectivity index (χ4n) is 4.80. The molecule has 44 heavy (non-hydrogen) atoms. The van der Waals surface area contributed by atoms with E-state index < -0.39 is 28.5 Å². The van der Waals surface area contributed by atoms with Crippen LogP contribution in [0.4, 0.5) is 5.69 Å². The first-order chi connectivity index (χ1) is 21.1. The molecule has 1 atom stereocenters. The second-order valence-corrected chi connectivity index (χ2v) is 13.0. The number of anilines is 1. The minimum absolute atomic E-state index is 0.0451. The monoisotopic (exact) mass is 631 g/mol. The maximum absolute atomic E-state index is 14.4. The van der Waals surface area contributed by atoms with E-state index in [1.165, 1.54) is 17.0 Å². The third kappa shape index (κ3) is 8.27. The maximum Gasteiger partial charge on any atom is 0.264 e. The van der Waals surface area contributed by atoms with Crippen LogP contribution in [0.1, 0.15) is 35.6 Å². The first-order valence-electron chi connectivity index (χ1n) is 14.6. The molecule has 0 saturated carbocycles. The number of nitrogens with one attached hydrogen (secondary N) is 1. The van der Waals surface area contributed by atoms with Gasteiger partial charge in [0.15, 0.2) is 0 Å². The highest BCUT2D eigenvalue weighted by atomic mass is 35.5. The van der Waals surface area contributed by atoms with E-state index in [0.29, 0.717) is 11.6 Å². The number of amides is 2. The van der Waals surface area contributed by atoms with Crippen LogP contribution in [0.3, 0.4) is 0 Å². The van der Waals surface area contributed by atoms with E-state index in [1.807, 2.05) is 81.4 Å². The summed E-state index contributed by atoms with van der Waals surface area (Å²) in [4.78, 5) is 29.6. The normalized spacial score (nSPS) is 11.9. The summed E-state index contributed by atoms with van der Waals surface area (Å²) in [5.41, 5.74) is 3.62. The SMILES string of the molecule is CCCNC(=O)[C@@H](Cc1ccccc1)N(Cc1ccccc1)C(=O)CN(c1ccc(C)c(Cl)c1)S(=O)(=O)c1ccc(C)cc1. The van der Waals surface area contributed by atoms with Gasteiger partial charge in [0.05, 0.1) is 10.6 Å². The average Bonchev–Trinajstić information content (AvgIpc) is 3.02. The number of hydrogen-bond donors (Lipinski definition) is 1.